The molecule has 1 N–H and O–H groups in total. The Morgan fingerprint density at radius 1 is 0.793 bits per heavy atom. The Balaban J connectivity index is 1.39. The molecule has 0 atom stereocenters. The smallest absolute Gasteiger partial charge is 0.250 e. The molecule has 6 heteroatoms. The molecule has 0 radical (unpaired) electrons. The molecule has 0 saturated heterocycles. The Hall–Kier alpha value is -3.51. The lowest BCUT2D eigenvalue weighted by Crippen LogP contribution is -2.20. The van der Waals surface area contributed by atoms with Crippen LogP contribution in [0.25, 0.3) is 0 Å². The first-order chi connectivity index (χ1) is 14.2. The van der Waals surface area contributed by atoms with Gasteiger partial charge in [0.15, 0.2) is 11.5 Å². The average Bonchev–Trinajstić information content (AvgIpc) is 2.76. The largest absolute Gasteiger partial charge is 0.493 e. The third kappa shape index (κ3) is 6.55. The van der Waals surface area contributed by atoms with Crippen molar-refractivity contribution >= 4 is 11.6 Å². The van der Waals surface area contributed by atoms with E-state index in [4.69, 9.17) is 18.9 Å². The second kappa shape index (κ2) is 10.7. The van der Waals surface area contributed by atoms with Crippen molar-refractivity contribution in [1.82, 2.24) is 0 Å². The van der Waals surface area contributed by atoms with Gasteiger partial charge >= 0.3 is 0 Å². The van der Waals surface area contributed by atoms with Gasteiger partial charge in [0.25, 0.3) is 0 Å². The van der Waals surface area contributed by atoms with Crippen molar-refractivity contribution in [2.75, 3.05) is 32.2 Å². The van der Waals surface area contributed by atoms with Crippen molar-refractivity contribution in [2.45, 2.75) is 0 Å². The predicted octanol–water partition coefficient (Wildman–Crippen LogP) is 4.52. The Bertz CT molecular complexity index is 897. The summed E-state index contributed by atoms with van der Waals surface area (Å²) in [5.74, 6) is 2.46. The van der Waals surface area contributed by atoms with Gasteiger partial charge in [-0.1, -0.05) is 30.3 Å². The van der Waals surface area contributed by atoms with Gasteiger partial charge in [-0.3, -0.25) is 4.79 Å². The van der Waals surface area contributed by atoms with Crippen LogP contribution in [0.1, 0.15) is 0 Å². The van der Waals surface area contributed by atoms with Gasteiger partial charge < -0.3 is 24.3 Å². The number of nitrogens with one attached hydrogen (secondary N) is 1. The van der Waals surface area contributed by atoms with E-state index in [9.17, 15) is 4.79 Å². The molecule has 0 aliphatic heterocycles. The maximum absolute atomic E-state index is 12.0. The normalized spacial score (nSPS) is 10.2. The molecule has 29 heavy (non-hydrogen) atoms. The van der Waals surface area contributed by atoms with Crippen LogP contribution in [-0.2, 0) is 9.53 Å². The Labute approximate surface area is 170 Å². The highest BCUT2D eigenvalue weighted by molar-refractivity contribution is 5.91. The minimum atomic E-state index is -0.233. The topological polar surface area (TPSA) is 66.0 Å². The van der Waals surface area contributed by atoms with Gasteiger partial charge in [0.05, 0.1) is 13.7 Å². The summed E-state index contributed by atoms with van der Waals surface area (Å²) in [7, 11) is 1.59. The zero-order chi connectivity index (χ0) is 20.3. The van der Waals surface area contributed by atoms with Crippen molar-refractivity contribution in [3.05, 3.63) is 78.9 Å². The van der Waals surface area contributed by atoms with E-state index < -0.39 is 0 Å². The van der Waals surface area contributed by atoms with E-state index in [2.05, 4.69) is 5.32 Å². The van der Waals surface area contributed by atoms with Crippen molar-refractivity contribution in [2.24, 2.45) is 0 Å². The second-order valence-electron chi connectivity index (χ2n) is 6.04. The molecule has 3 aromatic rings. The fourth-order valence-corrected chi connectivity index (χ4v) is 2.53. The number of hydrogen-bond acceptors (Lipinski definition) is 5. The molecule has 0 saturated carbocycles. The number of hydrogen-bond donors (Lipinski definition) is 1. The fourth-order valence-electron chi connectivity index (χ4n) is 2.53. The minimum absolute atomic E-state index is 0.0440. The van der Waals surface area contributed by atoms with Gasteiger partial charge in [0.1, 0.15) is 24.7 Å². The van der Waals surface area contributed by atoms with Crippen LogP contribution in [0.3, 0.4) is 0 Å². The molecule has 0 aliphatic carbocycles. The Kier molecular flexibility index (Phi) is 7.48. The monoisotopic (exact) mass is 393 g/mol. The van der Waals surface area contributed by atoms with Crippen molar-refractivity contribution in [1.29, 1.82) is 0 Å². The molecule has 0 aliphatic rings. The van der Waals surface area contributed by atoms with Crippen LogP contribution in [0.5, 0.6) is 23.0 Å². The molecule has 3 rings (SSSR count). The molecule has 0 bridgehead atoms. The van der Waals surface area contributed by atoms with Crippen LogP contribution < -0.4 is 19.5 Å². The van der Waals surface area contributed by atoms with Gasteiger partial charge in [0.2, 0.25) is 5.91 Å². The van der Waals surface area contributed by atoms with E-state index in [0.717, 1.165) is 5.75 Å². The summed E-state index contributed by atoms with van der Waals surface area (Å²) in [5.41, 5.74) is 0.659. The number of carbonyl (C=O) groups excluding carboxylic acids is 1. The van der Waals surface area contributed by atoms with E-state index in [1.807, 2.05) is 54.6 Å². The van der Waals surface area contributed by atoms with E-state index in [-0.39, 0.29) is 12.5 Å². The van der Waals surface area contributed by atoms with Crippen LogP contribution in [0.15, 0.2) is 78.9 Å². The summed E-state index contributed by atoms with van der Waals surface area (Å²) >= 11 is 0. The first-order valence-electron chi connectivity index (χ1n) is 9.21. The van der Waals surface area contributed by atoms with E-state index in [1.54, 1.807) is 31.4 Å². The van der Waals surface area contributed by atoms with Crippen molar-refractivity contribution < 1.29 is 23.7 Å². The van der Waals surface area contributed by atoms with Crippen LogP contribution in [0, 0.1) is 0 Å². The van der Waals surface area contributed by atoms with Crippen LogP contribution >= 0.6 is 0 Å². The lowest BCUT2D eigenvalue weighted by Gasteiger charge is -2.11. The third-order valence-corrected chi connectivity index (χ3v) is 3.91. The molecule has 0 spiro atoms. The maximum atomic E-state index is 12.0. The molecular weight excluding hydrogens is 370 g/mol. The summed E-state index contributed by atoms with van der Waals surface area (Å²) in [6.45, 7) is 0.665. The molecule has 6 nitrogen and oxygen atoms in total. The minimum Gasteiger partial charge on any atom is -0.493 e. The molecule has 0 unspecified atom stereocenters. The summed E-state index contributed by atoms with van der Waals surface area (Å²) in [6.07, 6.45) is 0. The molecule has 0 heterocycles. The first kappa shape index (κ1) is 20.2. The summed E-state index contributed by atoms with van der Waals surface area (Å²) < 4.78 is 21.9. The predicted molar refractivity (Wildman–Crippen MR) is 111 cm³/mol. The van der Waals surface area contributed by atoms with E-state index in [1.165, 1.54) is 0 Å². The number of carbonyl (C=O) groups is 1. The number of benzene rings is 3. The highest BCUT2D eigenvalue weighted by Crippen LogP contribution is 2.31. The number of ether oxygens (including phenoxy) is 4. The van der Waals surface area contributed by atoms with Gasteiger partial charge in [-0.05, 0) is 48.5 Å². The standard InChI is InChI=1S/C23H23NO5/c1-26-21-9-5-6-10-22(21)29-20-13-11-18(12-14-20)24-23(25)17-27-15-16-28-19-7-3-2-4-8-19/h2-14H,15-17H2,1H3,(H,24,25). The van der Waals surface area contributed by atoms with Crippen LogP contribution in [0.2, 0.25) is 0 Å². The molecule has 0 fully saturated rings. The number of amides is 1. The summed E-state index contributed by atoms with van der Waals surface area (Å²) in [5, 5.41) is 2.78. The molecule has 0 aromatic heterocycles. The lowest BCUT2D eigenvalue weighted by molar-refractivity contribution is -0.120. The van der Waals surface area contributed by atoms with Crippen molar-refractivity contribution in [3.8, 4) is 23.0 Å². The molecular formula is C23H23NO5. The zero-order valence-corrected chi connectivity index (χ0v) is 16.2. The number of anilines is 1. The molecule has 3 aromatic carbocycles. The summed E-state index contributed by atoms with van der Waals surface area (Å²) in [4.78, 5) is 12.0. The van der Waals surface area contributed by atoms with E-state index in [0.29, 0.717) is 36.1 Å². The molecule has 1 amide bonds. The number of methoxy groups -OCH3 is 1. The van der Waals surface area contributed by atoms with E-state index >= 15 is 0 Å². The van der Waals surface area contributed by atoms with Crippen molar-refractivity contribution in [3.63, 3.8) is 0 Å². The zero-order valence-electron chi connectivity index (χ0n) is 16.2. The fraction of sp³-hybridized carbons (Fsp3) is 0.174. The molecule has 150 valence electrons. The second-order valence-corrected chi connectivity index (χ2v) is 6.04. The SMILES string of the molecule is COc1ccccc1Oc1ccc(NC(=O)COCCOc2ccccc2)cc1. The van der Waals surface area contributed by atoms with Gasteiger partial charge in [-0.2, -0.15) is 0 Å². The van der Waals surface area contributed by atoms with Gasteiger partial charge in [0, 0.05) is 5.69 Å². The number of para-hydroxylation sites is 3. The summed E-state index contributed by atoms with van der Waals surface area (Å²) in [6, 6.07) is 23.9. The Morgan fingerprint density at radius 2 is 1.48 bits per heavy atom. The lowest BCUT2D eigenvalue weighted by atomic mass is 10.3. The Morgan fingerprint density at radius 3 is 2.21 bits per heavy atom. The van der Waals surface area contributed by atoms with Gasteiger partial charge in [-0.25, -0.2) is 0 Å². The maximum Gasteiger partial charge on any atom is 0.250 e. The first-order valence-corrected chi connectivity index (χ1v) is 9.21. The van der Waals surface area contributed by atoms with Crippen LogP contribution in [0.4, 0.5) is 5.69 Å². The highest BCUT2D eigenvalue weighted by atomic mass is 16.5. The number of rotatable bonds is 10. The highest BCUT2D eigenvalue weighted by Gasteiger charge is 2.06. The van der Waals surface area contributed by atoms with Gasteiger partial charge in [-0.15, -0.1) is 0 Å². The van der Waals surface area contributed by atoms with Crippen LogP contribution in [-0.4, -0.2) is 32.8 Å². The third-order valence-electron chi connectivity index (χ3n) is 3.91. The quantitative estimate of drug-likeness (QED) is 0.513. The average molecular weight is 393 g/mol.